The van der Waals surface area contributed by atoms with Gasteiger partial charge in [-0.05, 0) is 44.8 Å². The Bertz CT molecular complexity index is 879. The van der Waals surface area contributed by atoms with Crippen LogP contribution in [-0.4, -0.2) is 114 Å². The van der Waals surface area contributed by atoms with Gasteiger partial charge in [0.1, 0.15) is 37.6 Å². The summed E-state index contributed by atoms with van der Waals surface area (Å²) in [5.41, 5.74) is 0.945. The first-order valence-corrected chi connectivity index (χ1v) is 12.3. The molecule has 0 bridgehead atoms. The zero-order valence-corrected chi connectivity index (χ0v) is 21.5. The second-order valence-electron chi connectivity index (χ2n) is 9.10. The number of esters is 2. The van der Waals surface area contributed by atoms with Crippen LogP contribution in [0.2, 0.25) is 0 Å². The molecule has 0 saturated carbocycles. The number of hydrogen-bond acceptors (Lipinski definition) is 11. The molecular formula is C25H38N2O10. The number of aliphatic hydroxyl groups is 4. The van der Waals surface area contributed by atoms with Gasteiger partial charge in [0.25, 0.3) is 0 Å². The van der Waals surface area contributed by atoms with Crippen molar-refractivity contribution in [3.05, 3.63) is 29.8 Å². The number of benzene rings is 1. The van der Waals surface area contributed by atoms with Crippen molar-refractivity contribution in [1.82, 2.24) is 4.90 Å². The molecule has 1 amide bonds. The summed E-state index contributed by atoms with van der Waals surface area (Å²) in [5, 5.41) is 38.7. The first kappa shape index (κ1) is 30.6. The van der Waals surface area contributed by atoms with Gasteiger partial charge >= 0.3 is 11.9 Å². The van der Waals surface area contributed by atoms with E-state index < -0.39 is 49.3 Å². The number of likely N-dealkylation sites (N-methyl/N-ethyl adjacent to an activating group) is 1. The largest absolute Gasteiger partial charge is 0.463 e. The average molecular weight is 527 g/mol. The van der Waals surface area contributed by atoms with Crippen LogP contribution in [0.1, 0.15) is 43.0 Å². The number of nitrogens with zero attached hydrogens (tertiary/aromatic N) is 2. The Balaban J connectivity index is 1.90. The van der Waals surface area contributed by atoms with E-state index in [-0.39, 0.29) is 25.4 Å². The number of amides is 1. The van der Waals surface area contributed by atoms with Crippen LogP contribution in [0.15, 0.2) is 24.3 Å². The molecule has 12 heteroatoms. The number of carbonyl (C=O) groups excluding carboxylic acids is 3. The van der Waals surface area contributed by atoms with E-state index in [1.807, 2.05) is 25.9 Å². The number of aliphatic hydroxyl groups excluding tert-OH is 4. The van der Waals surface area contributed by atoms with Gasteiger partial charge in [0, 0.05) is 25.2 Å². The standard InChI is InChI=1S/C25H38N2O10/c1-4-5-12-27(17-8-6-16(7-9-17)24(33)35-14-13-26(2)3)19(28)10-11-20(29)36-15-18-21(30)22(31)23(32)25(34)37-18/h6-9,18,21-23,25,30-32,34H,4-5,10-15H2,1-3H3/t18-,21-,22+,23-,25+/m0/s1. The lowest BCUT2D eigenvalue weighted by atomic mass is 9.99. The molecule has 37 heavy (non-hydrogen) atoms. The molecule has 1 saturated heterocycles. The second-order valence-corrected chi connectivity index (χ2v) is 9.10. The summed E-state index contributed by atoms with van der Waals surface area (Å²) in [6.45, 7) is 2.81. The van der Waals surface area contributed by atoms with Gasteiger partial charge in [-0.3, -0.25) is 9.59 Å². The molecule has 1 aromatic rings. The molecule has 1 aliphatic heterocycles. The number of carbonyl (C=O) groups is 3. The fourth-order valence-corrected chi connectivity index (χ4v) is 3.56. The summed E-state index contributed by atoms with van der Waals surface area (Å²) >= 11 is 0. The molecule has 12 nitrogen and oxygen atoms in total. The third-order valence-electron chi connectivity index (χ3n) is 5.86. The number of hydrogen-bond donors (Lipinski definition) is 4. The van der Waals surface area contributed by atoms with Crippen LogP contribution in [0.5, 0.6) is 0 Å². The van der Waals surface area contributed by atoms with Gasteiger partial charge in [-0.15, -0.1) is 0 Å². The van der Waals surface area contributed by atoms with Crippen LogP contribution in [-0.2, 0) is 23.8 Å². The van der Waals surface area contributed by atoms with Gasteiger partial charge in [0.15, 0.2) is 6.29 Å². The third kappa shape index (κ3) is 9.33. The third-order valence-corrected chi connectivity index (χ3v) is 5.86. The number of anilines is 1. The Hall–Kier alpha value is -2.61. The van der Waals surface area contributed by atoms with Crippen molar-refractivity contribution < 1.29 is 49.0 Å². The summed E-state index contributed by atoms with van der Waals surface area (Å²) in [6, 6.07) is 6.48. The minimum atomic E-state index is -1.73. The topological polar surface area (TPSA) is 166 Å². The Labute approximate surface area is 216 Å². The van der Waals surface area contributed by atoms with Gasteiger partial charge < -0.3 is 44.4 Å². The summed E-state index contributed by atoms with van der Waals surface area (Å²) in [4.78, 5) is 40.8. The van der Waals surface area contributed by atoms with E-state index in [9.17, 15) is 34.8 Å². The molecule has 1 fully saturated rings. The fraction of sp³-hybridized carbons (Fsp3) is 0.640. The summed E-state index contributed by atoms with van der Waals surface area (Å²) in [6.07, 6.45) is -6.68. The molecule has 0 aromatic heterocycles. The van der Waals surface area contributed by atoms with Crippen LogP contribution in [0, 0.1) is 0 Å². The van der Waals surface area contributed by atoms with Gasteiger partial charge in [-0.1, -0.05) is 13.3 Å². The van der Waals surface area contributed by atoms with Crippen molar-refractivity contribution in [3.8, 4) is 0 Å². The molecule has 0 radical (unpaired) electrons. The van der Waals surface area contributed by atoms with Crippen LogP contribution in [0.4, 0.5) is 5.69 Å². The maximum Gasteiger partial charge on any atom is 0.338 e. The molecule has 208 valence electrons. The van der Waals surface area contributed by atoms with E-state index >= 15 is 0 Å². The number of unbranched alkanes of at least 4 members (excludes halogenated alkanes) is 1. The van der Waals surface area contributed by atoms with Gasteiger partial charge in [-0.2, -0.15) is 0 Å². The van der Waals surface area contributed by atoms with E-state index in [0.29, 0.717) is 24.3 Å². The second kappa shape index (κ2) is 15.0. The highest BCUT2D eigenvalue weighted by Gasteiger charge is 2.43. The predicted octanol–water partition coefficient (Wildman–Crippen LogP) is -0.339. The Morgan fingerprint density at radius 1 is 0.919 bits per heavy atom. The van der Waals surface area contributed by atoms with Crippen molar-refractivity contribution in [3.63, 3.8) is 0 Å². The molecule has 0 spiro atoms. The molecule has 5 atom stereocenters. The highest BCUT2D eigenvalue weighted by molar-refractivity contribution is 5.96. The van der Waals surface area contributed by atoms with Crippen molar-refractivity contribution >= 4 is 23.5 Å². The molecule has 1 heterocycles. The maximum absolute atomic E-state index is 12.9. The fourth-order valence-electron chi connectivity index (χ4n) is 3.56. The van der Waals surface area contributed by atoms with Crippen molar-refractivity contribution in [2.24, 2.45) is 0 Å². The van der Waals surface area contributed by atoms with Crippen LogP contribution in [0.3, 0.4) is 0 Å². The summed E-state index contributed by atoms with van der Waals surface area (Å²) < 4.78 is 15.2. The predicted molar refractivity (Wildman–Crippen MR) is 132 cm³/mol. The highest BCUT2D eigenvalue weighted by atomic mass is 16.6. The normalized spacial score (nSPS) is 23.5. The minimum Gasteiger partial charge on any atom is -0.463 e. The van der Waals surface area contributed by atoms with E-state index in [4.69, 9.17) is 14.2 Å². The lowest BCUT2D eigenvalue weighted by Gasteiger charge is -2.37. The quantitative estimate of drug-likeness (QED) is 0.248. The Morgan fingerprint density at radius 3 is 2.22 bits per heavy atom. The molecule has 2 rings (SSSR count). The number of rotatable bonds is 13. The van der Waals surface area contributed by atoms with E-state index in [2.05, 4.69) is 0 Å². The minimum absolute atomic E-state index is 0.144. The molecule has 1 aromatic carbocycles. The van der Waals surface area contributed by atoms with Crippen LogP contribution in [0.25, 0.3) is 0 Å². The lowest BCUT2D eigenvalue weighted by molar-refractivity contribution is -0.287. The smallest absolute Gasteiger partial charge is 0.338 e. The van der Waals surface area contributed by atoms with E-state index in [1.54, 1.807) is 29.2 Å². The first-order chi connectivity index (χ1) is 17.5. The van der Waals surface area contributed by atoms with Gasteiger partial charge in [-0.25, -0.2) is 4.79 Å². The molecule has 0 unspecified atom stereocenters. The summed E-state index contributed by atoms with van der Waals surface area (Å²) in [7, 11) is 3.75. The first-order valence-electron chi connectivity index (χ1n) is 12.3. The Kier molecular flexibility index (Phi) is 12.4. The lowest BCUT2D eigenvalue weighted by Crippen LogP contribution is -2.58. The zero-order chi connectivity index (χ0) is 27.5. The maximum atomic E-state index is 12.9. The molecule has 0 aliphatic carbocycles. The zero-order valence-electron chi connectivity index (χ0n) is 21.5. The summed E-state index contributed by atoms with van der Waals surface area (Å²) in [5.74, 6) is -1.50. The van der Waals surface area contributed by atoms with Crippen molar-refractivity contribution in [1.29, 1.82) is 0 Å². The molecule has 1 aliphatic rings. The van der Waals surface area contributed by atoms with Crippen LogP contribution < -0.4 is 4.90 Å². The van der Waals surface area contributed by atoms with Gasteiger partial charge in [0.05, 0.1) is 12.0 Å². The number of ether oxygens (including phenoxy) is 3. The Morgan fingerprint density at radius 2 is 1.59 bits per heavy atom. The van der Waals surface area contributed by atoms with Crippen molar-refractivity contribution in [2.75, 3.05) is 45.3 Å². The van der Waals surface area contributed by atoms with E-state index in [1.165, 1.54) is 0 Å². The van der Waals surface area contributed by atoms with Crippen LogP contribution >= 0.6 is 0 Å². The highest BCUT2D eigenvalue weighted by Crippen LogP contribution is 2.21. The molecular weight excluding hydrogens is 488 g/mol. The van der Waals surface area contributed by atoms with Crippen molar-refractivity contribution in [2.45, 2.75) is 63.3 Å². The average Bonchev–Trinajstić information content (AvgIpc) is 2.87. The monoisotopic (exact) mass is 526 g/mol. The molecule has 4 N–H and O–H groups in total. The SMILES string of the molecule is CCCCN(C(=O)CCC(=O)OC[C@@H]1O[C@@H](O)[C@@H](O)[C@H](O)[C@H]1O)c1ccc(C(=O)OCCN(C)C)cc1. The van der Waals surface area contributed by atoms with E-state index in [0.717, 1.165) is 12.8 Å². The van der Waals surface area contributed by atoms with Gasteiger partial charge in [0.2, 0.25) is 5.91 Å².